The Bertz CT molecular complexity index is 1140. The van der Waals surface area contributed by atoms with E-state index in [4.69, 9.17) is 0 Å². The Morgan fingerprint density at radius 1 is 0.800 bits per heavy atom. The molecule has 1 heterocycles. The van der Waals surface area contributed by atoms with Gasteiger partial charge in [0.05, 0.1) is 0 Å². The Hall–Kier alpha value is -3.71. The molecule has 0 atom stereocenters. The lowest BCUT2D eigenvalue weighted by molar-refractivity contribution is 1.26. The number of pyridine rings is 1. The van der Waals surface area contributed by atoms with Crippen LogP contribution in [0.3, 0.4) is 0 Å². The van der Waals surface area contributed by atoms with Gasteiger partial charge in [0, 0.05) is 18.0 Å². The van der Waals surface area contributed by atoms with E-state index in [0.717, 1.165) is 12.0 Å². The van der Waals surface area contributed by atoms with E-state index < -0.39 is 0 Å². The third-order valence-electron chi connectivity index (χ3n) is 5.29. The SMILES string of the molecule is C=C/C=C\C=C1/CC=C(c2ccc(C)cc2)C(c2cccnc2)=C1c1ccccc1. The normalized spacial score (nSPS) is 15.5. The number of benzene rings is 2. The van der Waals surface area contributed by atoms with Gasteiger partial charge in [-0.05, 0) is 52.8 Å². The Morgan fingerprint density at radius 3 is 2.27 bits per heavy atom. The summed E-state index contributed by atoms with van der Waals surface area (Å²) in [6.45, 7) is 5.92. The molecule has 1 heteroatoms. The topological polar surface area (TPSA) is 12.9 Å². The van der Waals surface area contributed by atoms with E-state index in [0.29, 0.717) is 0 Å². The van der Waals surface area contributed by atoms with E-state index >= 15 is 0 Å². The zero-order valence-electron chi connectivity index (χ0n) is 17.3. The third kappa shape index (κ3) is 4.16. The van der Waals surface area contributed by atoms with E-state index in [-0.39, 0.29) is 0 Å². The van der Waals surface area contributed by atoms with Crippen LogP contribution in [-0.4, -0.2) is 4.98 Å². The first-order chi connectivity index (χ1) is 14.8. The summed E-state index contributed by atoms with van der Waals surface area (Å²) < 4.78 is 0. The average Bonchev–Trinajstić information content (AvgIpc) is 2.80. The molecule has 0 N–H and O–H groups in total. The molecule has 4 rings (SSSR count). The van der Waals surface area contributed by atoms with Crippen LogP contribution in [-0.2, 0) is 0 Å². The Kier molecular flexibility index (Phi) is 6.01. The summed E-state index contributed by atoms with van der Waals surface area (Å²) in [4.78, 5) is 4.42. The van der Waals surface area contributed by atoms with Gasteiger partial charge in [-0.25, -0.2) is 0 Å². The summed E-state index contributed by atoms with van der Waals surface area (Å²) in [5.41, 5.74) is 9.86. The largest absolute Gasteiger partial charge is 0.264 e. The Labute approximate surface area is 179 Å². The summed E-state index contributed by atoms with van der Waals surface area (Å²) in [5.74, 6) is 0. The van der Waals surface area contributed by atoms with Crippen LogP contribution < -0.4 is 0 Å². The van der Waals surface area contributed by atoms with Crippen molar-refractivity contribution in [3.05, 3.63) is 144 Å². The second-order valence-electron chi connectivity index (χ2n) is 7.36. The maximum atomic E-state index is 4.42. The molecule has 0 saturated carbocycles. The predicted octanol–water partition coefficient (Wildman–Crippen LogP) is 7.46. The standard InChI is InChI=1S/C29H25N/c1-3-4-6-10-25-18-19-27(23-16-14-22(2)15-17-23)29(26-13-9-20-30-21-26)28(25)24-11-7-5-8-12-24/h3-17,19-21H,1,18H2,2H3/b6-4-,25-10+. The van der Waals surface area contributed by atoms with Crippen molar-refractivity contribution in [1.82, 2.24) is 4.98 Å². The number of aryl methyl sites for hydroxylation is 1. The monoisotopic (exact) mass is 387 g/mol. The van der Waals surface area contributed by atoms with Gasteiger partial charge in [-0.15, -0.1) is 0 Å². The summed E-state index contributed by atoms with van der Waals surface area (Å²) in [7, 11) is 0. The van der Waals surface area contributed by atoms with Crippen molar-refractivity contribution in [3.8, 4) is 0 Å². The maximum Gasteiger partial charge on any atom is 0.0346 e. The zero-order chi connectivity index (χ0) is 20.8. The van der Waals surface area contributed by atoms with Crippen LogP contribution in [0.15, 0.2) is 122 Å². The second kappa shape index (κ2) is 9.19. The minimum Gasteiger partial charge on any atom is -0.264 e. The first kappa shape index (κ1) is 19.6. The molecule has 30 heavy (non-hydrogen) atoms. The molecule has 0 radical (unpaired) electrons. The van der Waals surface area contributed by atoms with Crippen LogP contribution in [0, 0.1) is 6.92 Å². The molecule has 0 fully saturated rings. The minimum atomic E-state index is 0.874. The Morgan fingerprint density at radius 2 is 1.57 bits per heavy atom. The number of aromatic nitrogens is 1. The molecule has 0 amide bonds. The van der Waals surface area contributed by atoms with Gasteiger partial charge in [0.15, 0.2) is 0 Å². The molecule has 0 unspecified atom stereocenters. The first-order valence-electron chi connectivity index (χ1n) is 10.2. The number of rotatable bonds is 5. The highest BCUT2D eigenvalue weighted by atomic mass is 14.6. The van der Waals surface area contributed by atoms with E-state index in [1.165, 1.54) is 39.0 Å². The van der Waals surface area contributed by atoms with E-state index in [9.17, 15) is 0 Å². The van der Waals surface area contributed by atoms with Gasteiger partial charge in [-0.1, -0.05) is 103 Å². The van der Waals surface area contributed by atoms with Crippen molar-refractivity contribution >= 4 is 16.7 Å². The van der Waals surface area contributed by atoms with E-state index in [2.05, 4.69) is 97.4 Å². The second-order valence-corrected chi connectivity index (χ2v) is 7.36. The molecule has 1 aliphatic rings. The maximum absolute atomic E-state index is 4.42. The lowest BCUT2D eigenvalue weighted by Gasteiger charge is -2.25. The van der Waals surface area contributed by atoms with Crippen molar-refractivity contribution in [3.63, 3.8) is 0 Å². The summed E-state index contributed by atoms with van der Waals surface area (Å²) in [5, 5.41) is 0. The van der Waals surface area contributed by atoms with Crippen LogP contribution >= 0.6 is 0 Å². The van der Waals surface area contributed by atoms with E-state index in [1.807, 2.05) is 24.5 Å². The molecule has 1 aliphatic carbocycles. The van der Waals surface area contributed by atoms with Gasteiger partial charge in [-0.3, -0.25) is 4.98 Å². The van der Waals surface area contributed by atoms with Gasteiger partial charge in [0.1, 0.15) is 0 Å². The molecular weight excluding hydrogens is 362 g/mol. The summed E-state index contributed by atoms with van der Waals surface area (Å²) in [6.07, 6.45) is 15.0. The van der Waals surface area contributed by atoms with Crippen LogP contribution in [0.25, 0.3) is 16.7 Å². The lowest BCUT2D eigenvalue weighted by Crippen LogP contribution is -2.04. The van der Waals surface area contributed by atoms with Crippen LogP contribution in [0.2, 0.25) is 0 Å². The number of allylic oxidation sites excluding steroid dienone is 9. The van der Waals surface area contributed by atoms with Crippen molar-refractivity contribution < 1.29 is 0 Å². The third-order valence-corrected chi connectivity index (χ3v) is 5.29. The fourth-order valence-corrected chi connectivity index (χ4v) is 3.85. The molecule has 1 aromatic heterocycles. The van der Waals surface area contributed by atoms with Crippen molar-refractivity contribution in [2.24, 2.45) is 0 Å². The highest BCUT2D eigenvalue weighted by molar-refractivity contribution is 6.19. The molecule has 1 nitrogen and oxygen atoms in total. The van der Waals surface area contributed by atoms with Gasteiger partial charge < -0.3 is 0 Å². The highest BCUT2D eigenvalue weighted by Crippen LogP contribution is 2.45. The summed E-state index contributed by atoms with van der Waals surface area (Å²) >= 11 is 0. The van der Waals surface area contributed by atoms with Crippen molar-refractivity contribution in [1.29, 1.82) is 0 Å². The fraction of sp³-hybridized carbons (Fsp3) is 0.0690. The van der Waals surface area contributed by atoms with Gasteiger partial charge in [0.2, 0.25) is 0 Å². The highest BCUT2D eigenvalue weighted by Gasteiger charge is 2.23. The fourth-order valence-electron chi connectivity index (χ4n) is 3.85. The molecule has 146 valence electrons. The van der Waals surface area contributed by atoms with Gasteiger partial charge in [-0.2, -0.15) is 0 Å². The smallest absolute Gasteiger partial charge is 0.0346 e. The molecule has 0 spiro atoms. The van der Waals surface area contributed by atoms with Crippen molar-refractivity contribution in [2.75, 3.05) is 0 Å². The molecule has 2 aromatic carbocycles. The van der Waals surface area contributed by atoms with Gasteiger partial charge in [0.25, 0.3) is 0 Å². The molecule has 0 saturated heterocycles. The molecule has 0 aliphatic heterocycles. The number of hydrogen-bond donors (Lipinski definition) is 0. The number of nitrogens with zero attached hydrogens (tertiary/aromatic N) is 1. The average molecular weight is 388 g/mol. The number of hydrogen-bond acceptors (Lipinski definition) is 1. The Balaban J connectivity index is 2.00. The van der Waals surface area contributed by atoms with Crippen molar-refractivity contribution in [2.45, 2.75) is 13.3 Å². The minimum absolute atomic E-state index is 0.874. The lowest BCUT2D eigenvalue weighted by atomic mass is 9.78. The quantitative estimate of drug-likeness (QED) is 0.414. The first-order valence-corrected chi connectivity index (χ1v) is 10.2. The van der Waals surface area contributed by atoms with E-state index in [1.54, 1.807) is 6.08 Å². The van der Waals surface area contributed by atoms with Crippen LogP contribution in [0.5, 0.6) is 0 Å². The van der Waals surface area contributed by atoms with Crippen LogP contribution in [0.4, 0.5) is 0 Å². The molecule has 0 bridgehead atoms. The molecular formula is C29H25N. The zero-order valence-corrected chi connectivity index (χ0v) is 17.3. The molecule has 3 aromatic rings. The van der Waals surface area contributed by atoms with Crippen LogP contribution in [0.1, 0.15) is 28.7 Å². The predicted molar refractivity (Wildman–Crippen MR) is 129 cm³/mol. The van der Waals surface area contributed by atoms with Gasteiger partial charge >= 0.3 is 0 Å². The summed E-state index contributed by atoms with van der Waals surface area (Å²) in [6, 6.07) is 23.6.